The van der Waals surface area contributed by atoms with Gasteiger partial charge in [0.15, 0.2) is 6.20 Å². The van der Waals surface area contributed by atoms with E-state index in [2.05, 4.69) is 88.1 Å². The predicted octanol–water partition coefficient (Wildman–Crippen LogP) is 6.05. The second-order valence-corrected chi connectivity index (χ2v) is 9.84. The minimum absolute atomic E-state index is 0.0527. The monoisotopic (exact) mass is 397 g/mol. The number of nitrogens with zero attached hydrogens (tertiary/aromatic N) is 2. The van der Waals surface area contributed by atoms with E-state index in [0.717, 1.165) is 0 Å². The molecule has 9 rings (SSSR count). The van der Waals surface area contributed by atoms with Crippen molar-refractivity contribution in [3.8, 4) is 16.9 Å². The molecular formula is C29H21N2+. The number of rotatable bonds is 0. The van der Waals surface area contributed by atoms with E-state index in [9.17, 15) is 0 Å². The summed E-state index contributed by atoms with van der Waals surface area (Å²) < 4.78 is 5.25. The summed E-state index contributed by atoms with van der Waals surface area (Å²) in [5.41, 5.74) is 11.7. The van der Waals surface area contributed by atoms with Gasteiger partial charge in [-0.25, -0.2) is 0 Å². The van der Waals surface area contributed by atoms with Crippen LogP contribution in [0.5, 0.6) is 0 Å². The highest BCUT2D eigenvalue weighted by Gasteiger charge is 2.68. The number of para-hydroxylation sites is 1. The molecule has 5 aromatic rings. The Morgan fingerprint density at radius 3 is 2.74 bits per heavy atom. The number of hydrogen-bond donors (Lipinski definition) is 0. The van der Waals surface area contributed by atoms with E-state index < -0.39 is 0 Å². The predicted molar refractivity (Wildman–Crippen MR) is 123 cm³/mol. The van der Waals surface area contributed by atoms with Gasteiger partial charge in [-0.2, -0.15) is 4.57 Å². The minimum atomic E-state index is -0.0527. The molecule has 2 heteroatoms. The highest BCUT2D eigenvalue weighted by molar-refractivity contribution is 6.12. The molecule has 1 fully saturated rings. The Hall–Kier alpha value is -3.39. The first-order chi connectivity index (χ1) is 15.4. The van der Waals surface area contributed by atoms with Gasteiger partial charge in [0.05, 0.1) is 33.4 Å². The third-order valence-electron chi connectivity index (χ3n) is 8.88. The van der Waals surface area contributed by atoms with Gasteiger partial charge in [-0.3, -0.25) is 0 Å². The van der Waals surface area contributed by atoms with Crippen LogP contribution in [0.3, 0.4) is 0 Å². The highest BCUT2D eigenvalue weighted by Crippen LogP contribution is 2.66. The van der Waals surface area contributed by atoms with Gasteiger partial charge in [-0.05, 0) is 48.6 Å². The first-order valence-corrected chi connectivity index (χ1v) is 11.6. The fourth-order valence-corrected chi connectivity index (χ4v) is 8.09. The van der Waals surface area contributed by atoms with Crippen molar-refractivity contribution in [1.29, 1.82) is 0 Å². The SMILES string of the molecule is c1cc2c3c(c1)-n1c4ccccc4c4ccc5c(c41)C3(C1CCCC51)[n+]1ccccc1-2. The van der Waals surface area contributed by atoms with Gasteiger partial charge in [0.25, 0.3) is 0 Å². The number of benzene rings is 3. The molecular weight excluding hydrogens is 376 g/mol. The van der Waals surface area contributed by atoms with Crippen LogP contribution in [0.15, 0.2) is 79.0 Å². The van der Waals surface area contributed by atoms with Gasteiger partial charge >= 0.3 is 0 Å². The summed E-state index contributed by atoms with van der Waals surface area (Å²) in [6.45, 7) is 0. The van der Waals surface area contributed by atoms with Crippen LogP contribution < -0.4 is 4.57 Å². The molecule has 3 unspecified atom stereocenters. The van der Waals surface area contributed by atoms with Crippen molar-refractivity contribution in [3.05, 3.63) is 95.7 Å². The molecule has 146 valence electrons. The molecule has 0 N–H and O–H groups in total. The lowest BCUT2D eigenvalue weighted by Gasteiger charge is -2.34. The normalized spacial score (nSPS) is 25.8. The maximum Gasteiger partial charge on any atom is 0.227 e. The number of pyridine rings is 1. The molecule has 3 atom stereocenters. The van der Waals surface area contributed by atoms with Gasteiger partial charge in [0.2, 0.25) is 11.2 Å². The number of aromatic nitrogens is 2. The zero-order valence-corrected chi connectivity index (χ0v) is 17.2. The summed E-state index contributed by atoms with van der Waals surface area (Å²) in [4.78, 5) is 0. The third kappa shape index (κ3) is 1.39. The molecule has 4 aliphatic rings. The molecule has 0 bridgehead atoms. The largest absolute Gasteiger partial charge is 0.308 e. The zero-order valence-electron chi connectivity index (χ0n) is 17.2. The van der Waals surface area contributed by atoms with Crippen molar-refractivity contribution in [2.24, 2.45) is 5.92 Å². The molecule has 2 nitrogen and oxygen atoms in total. The van der Waals surface area contributed by atoms with Crippen LogP contribution in [0.4, 0.5) is 0 Å². The van der Waals surface area contributed by atoms with Crippen LogP contribution in [-0.4, -0.2) is 4.57 Å². The highest BCUT2D eigenvalue weighted by atomic mass is 15.1. The fourth-order valence-electron chi connectivity index (χ4n) is 8.09. The second kappa shape index (κ2) is 4.75. The standard InChI is InChI=1S/C29H21N2/c1-2-12-24-18(7-1)20-15-14-19-17-8-5-10-22(17)29-26-21(23-11-3-4-16-30(23)29)9-6-13-25(26)31(24)28(20)27(19)29/h1-4,6-7,9,11-17,22H,5,8,10H2/q+1. The summed E-state index contributed by atoms with van der Waals surface area (Å²) in [6, 6.07) is 27.7. The first-order valence-electron chi connectivity index (χ1n) is 11.6. The maximum atomic E-state index is 2.66. The molecule has 31 heavy (non-hydrogen) atoms. The van der Waals surface area contributed by atoms with Crippen LogP contribution in [0.2, 0.25) is 0 Å². The van der Waals surface area contributed by atoms with E-state index in [-0.39, 0.29) is 5.54 Å². The Morgan fingerprint density at radius 1 is 0.806 bits per heavy atom. The molecule has 2 aliphatic heterocycles. The summed E-state index contributed by atoms with van der Waals surface area (Å²) in [6.07, 6.45) is 6.35. The van der Waals surface area contributed by atoms with E-state index in [1.54, 1.807) is 16.7 Å². The molecule has 0 amide bonds. The summed E-state index contributed by atoms with van der Waals surface area (Å²) in [7, 11) is 0. The van der Waals surface area contributed by atoms with Gasteiger partial charge in [-0.15, -0.1) is 0 Å². The van der Waals surface area contributed by atoms with Gasteiger partial charge < -0.3 is 4.57 Å². The molecule has 0 saturated heterocycles. The van der Waals surface area contributed by atoms with Crippen LogP contribution in [0.1, 0.15) is 41.9 Å². The van der Waals surface area contributed by atoms with Crippen LogP contribution in [0.25, 0.3) is 38.8 Å². The average molecular weight is 398 g/mol. The summed E-state index contributed by atoms with van der Waals surface area (Å²) in [5.74, 6) is 1.32. The maximum absolute atomic E-state index is 2.66. The summed E-state index contributed by atoms with van der Waals surface area (Å²) >= 11 is 0. The number of hydrogen-bond acceptors (Lipinski definition) is 0. The van der Waals surface area contributed by atoms with E-state index in [0.29, 0.717) is 11.8 Å². The molecule has 3 aromatic carbocycles. The lowest BCUT2D eigenvalue weighted by atomic mass is 9.73. The van der Waals surface area contributed by atoms with Crippen LogP contribution >= 0.6 is 0 Å². The summed E-state index contributed by atoms with van der Waals surface area (Å²) in [5, 5.41) is 2.79. The average Bonchev–Trinajstić information content (AvgIpc) is 3.55. The van der Waals surface area contributed by atoms with E-state index in [4.69, 9.17) is 0 Å². The van der Waals surface area contributed by atoms with E-state index >= 15 is 0 Å². The zero-order chi connectivity index (χ0) is 19.9. The second-order valence-electron chi connectivity index (χ2n) is 9.84. The van der Waals surface area contributed by atoms with Crippen molar-refractivity contribution in [3.63, 3.8) is 0 Å². The molecule has 1 spiro atoms. The quantitative estimate of drug-likeness (QED) is 0.281. The molecule has 0 radical (unpaired) electrons. The fraction of sp³-hybridized carbons (Fsp3) is 0.207. The molecule has 2 aromatic heterocycles. The first kappa shape index (κ1) is 15.4. The van der Waals surface area contributed by atoms with Crippen LogP contribution in [-0.2, 0) is 5.54 Å². The third-order valence-corrected chi connectivity index (χ3v) is 8.88. The lowest BCUT2D eigenvalue weighted by molar-refractivity contribution is -0.735. The van der Waals surface area contributed by atoms with Gasteiger partial charge in [-0.1, -0.05) is 42.8 Å². The molecule has 1 saturated carbocycles. The van der Waals surface area contributed by atoms with Crippen molar-refractivity contribution in [2.45, 2.75) is 30.7 Å². The Kier molecular flexibility index (Phi) is 2.36. The molecule has 2 aliphatic carbocycles. The van der Waals surface area contributed by atoms with Crippen molar-refractivity contribution in [1.82, 2.24) is 4.57 Å². The van der Waals surface area contributed by atoms with Gasteiger partial charge in [0, 0.05) is 28.8 Å². The Bertz CT molecular complexity index is 1640. The lowest BCUT2D eigenvalue weighted by Crippen LogP contribution is -2.59. The Morgan fingerprint density at radius 2 is 1.74 bits per heavy atom. The van der Waals surface area contributed by atoms with Crippen LogP contribution in [0, 0.1) is 5.92 Å². The van der Waals surface area contributed by atoms with Crippen molar-refractivity contribution < 1.29 is 4.57 Å². The van der Waals surface area contributed by atoms with E-state index in [1.165, 1.54) is 58.0 Å². The number of fused-ring (bicyclic) bond motifs is 8. The van der Waals surface area contributed by atoms with Crippen molar-refractivity contribution >= 4 is 21.8 Å². The van der Waals surface area contributed by atoms with Crippen molar-refractivity contribution in [2.75, 3.05) is 0 Å². The van der Waals surface area contributed by atoms with Gasteiger partial charge in [0.1, 0.15) is 0 Å². The van der Waals surface area contributed by atoms with E-state index in [1.807, 2.05) is 0 Å². The Labute approximate surface area is 180 Å². The smallest absolute Gasteiger partial charge is 0.227 e. The topological polar surface area (TPSA) is 8.81 Å². The Balaban J connectivity index is 1.64. The minimum Gasteiger partial charge on any atom is -0.308 e. The molecule has 4 heterocycles.